The molecule has 0 aliphatic heterocycles. The summed E-state index contributed by atoms with van der Waals surface area (Å²) >= 11 is 0. The second kappa shape index (κ2) is 8.59. The number of hydrogen-bond donors (Lipinski definition) is 1. The lowest BCUT2D eigenvalue weighted by atomic mass is 9.98. The molecule has 1 aromatic heterocycles. The van der Waals surface area contributed by atoms with Gasteiger partial charge in [-0.2, -0.15) is 0 Å². The van der Waals surface area contributed by atoms with Gasteiger partial charge in [0.2, 0.25) is 0 Å². The Morgan fingerprint density at radius 3 is 2.58 bits per heavy atom. The van der Waals surface area contributed by atoms with Crippen molar-refractivity contribution in [3.8, 4) is 0 Å². The zero-order valence-corrected chi connectivity index (χ0v) is 14.9. The molecule has 2 aromatic carbocycles. The van der Waals surface area contributed by atoms with E-state index in [1.165, 1.54) is 0 Å². The molecule has 0 fully saturated rings. The van der Waals surface area contributed by atoms with Gasteiger partial charge in [-0.3, -0.25) is 4.79 Å². The van der Waals surface area contributed by atoms with Crippen molar-refractivity contribution in [3.63, 3.8) is 0 Å². The van der Waals surface area contributed by atoms with E-state index in [1.807, 2.05) is 42.5 Å². The molecule has 0 saturated carbocycles. The number of ketones is 1. The molecule has 1 N–H and O–H groups in total. The van der Waals surface area contributed by atoms with Crippen LogP contribution in [0, 0.1) is 0 Å². The topological polar surface area (TPSA) is 59.3 Å². The summed E-state index contributed by atoms with van der Waals surface area (Å²) in [5.41, 5.74) is 1.08. The van der Waals surface area contributed by atoms with Crippen LogP contribution in [0.25, 0.3) is 11.0 Å². The number of Topliss-reactive ketones (excluding diaryl/α,β-unsaturated/α-hetero) is 1. The van der Waals surface area contributed by atoms with Gasteiger partial charge >= 0.3 is 5.63 Å². The summed E-state index contributed by atoms with van der Waals surface area (Å²) in [5.74, 6) is -0.206. The molecular formula is C22H23NO3. The second-order valence-corrected chi connectivity index (χ2v) is 6.38. The third-order valence-corrected chi connectivity index (χ3v) is 4.45. The molecule has 0 unspecified atom stereocenters. The van der Waals surface area contributed by atoms with Crippen LogP contribution in [0.2, 0.25) is 0 Å². The van der Waals surface area contributed by atoms with Crippen molar-refractivity contribution < 1.29 is 9.21 Å². The number of hydrogen-bond acceptors (Lipinski definition) is 4. The van der Waals surface area contributed by atoms with Crippen molar-refractivity contribution in [2.75, 3.05) is 6.54 Å². The molecule has 0 bridgehead atoms. The lowest BCUT2D eigenvalue weighted by molar-refractivity contribution is 0.0965. The van der Waals surface area contributed by atoms with Gasteiger partial charge in [0, 0.05) is 17.8 Å². The van der Waals surface area contributed by atoms with Crippen molar-refractivity contribution in [2.24, 2.45) is 0 Å². The predicted molar refractivity (Wildman–Crippen MR) is 104 cm³/mol. The number of nitrogens with one attached hydrogen (secondary N) is 1. The highest BCUT2D eigenvalue weighted by molar-refractivity contribution is 5.98. The van der Waals surface area contributed by atoms with Crippen LogP contribution in [-0.4, -0.2) is 12.3 Å². The molecule has 4 heteroatoms. The maximum Gasteiger partial charge on any atom is 0.347 e. The van der Waals surface area contributed by atoms with Crippen molar-refractivity contribution in [3.05, 3.63) is 82.2 Å². The average molecular weight is 349 g/mol. The van der Waals surface area contributed by atoms with Crippen LogP contribution < -0.4 is 10.9 Å². The molecule has 0 aliphatic carbocycles. The molecule has 0 aliphatic rings. The molecule has 26 heavy (non-hydrogen) atoms. The Morgan fingerprint density at radius 2 is 1.81 bits per heavy atom. The van der Waals surface area contributed by atoms with E-state index in [-0.39, 0.29) is 23.8 Å². The Hall–Kier alpha value is -2.72. The summed E-state index contributed by atoms with van der Waals surface area (Å²) in [4.78, 5) is 25.1. The largest absolute Gasteiger partial charge is 0.422 e. The SMILES string of the molecule is CCCCN[C@@H](CC(=O)c1cc2ccccc2oc1=O)c1ccccc1. The third-order valence-electron chi connectivity index (χ3n) is 4.45. The van der Waals surface area contributed by atoms with E-state index < -0.39 is 5.63 Å². The number of carbonyl (C=O) groups is 1. The lowest BCUT2D eigenvalue weighted by Gasteiger charge is -2.18. The van der Waals surface area contributed by atoms with Crippen LogP contribution in [-0.2, 0) is 0 Å². The molecule has 3 rings (SSSR count). The van der Waals surface area contributed by atoms with Gasteiger partial charge in [-0.1, -0.05) is 61.9 Å². The molecule has 0 radical (unpaired) electrons. The van der Waals surface area contributed by atoms with Gasteiger partial charge in [-0.25, -0.2) is 4.79 Å². The van der Waals surface area contributed by atoms with Crippen LogP contribution in [0.1, 0.15) is 48.1 Å². The highest BCUT2D eigenvalue weighted by atomic mass is 16.4. The summed E-state index contributed by atoms with van der Waals surface area (Å²) in [6.07, 6.45) is 2.34. The van der Waals surface area contributed by atoms with Gasteiger partial charge in [0.05, 0.1) is 0 Å². The van der Waals surface area contributed by atoms with Crippen LogP contribution in [0.4, 0.5) is 0 Å². The predicted octanol–water partition coefficient (Wildman–Crippen LogP) is 4.50. The first kappa shape index (κ1) is 18.1. The monoisotopic (exact) mass is 349 g/mol. The number of carbonyl (C=O) groups excluding carboxylic acids is 1. The molecule has 4 nitrogen and oxygen atoms in total. The number of unbranched alkanes of at least 4 members (excludes halogenated alkanes) is 1. The van der Waals surface area contributed by atoms with Gasteiger partial charge in [-0.05, 0) is 30.7 Å². The van der Waals surface area contributed by atoms with E-state index in [4.69, 9.17) is 4.42 Å². The molecule has 0 spiro atoms. The van der Waals surface area contributed by atoms with Crippen molar-refractivity contribution in [1.82, 2.24) is 5.32 Å². The Labute approximate surface area is 152 Å². The minimum Gasteiger partial charge on any atom is -0.422 e. The highest BCUT2D eigenvalue weighted by Gasteiger charge is 2.20. The van der Waals surface area contributed by atoms with Crippen LogP contribution >= 0.6 is 0 Å². The standard InChI is InChI=1S/C22H23NO3/c1-2-3-13-23-19(16-9-5-4-6-10-16)15-20(24)18-14-17-11-7-8-12-21(17)26-22(18)25/h4-12,14,19,23H,2-3,13,15H2,1H3/t19-/m0/s1. The number of para-hydroxylation sites is 1. The van der Waals surface area contributed by atoms with Crippen molar-refractivity contribution in [2.45, 2.75) is 32.2 Å². The molecular weight excluding hydrogens is 326 g/mol. The van der Waals surface area contributed by atoms with E-state index in [0.29, 0.717) is 5.58 Å². The van der Waals surface area contributed by atoms with Crippen LogP contribution in [0.5, 0.6) is 0 Å². The van der Waals surface area contributed by atoms with Gasteiger partial charge in [0.25, 0.3) is 0 Å². The summed E-state index contributed by atoms with van der Waals surface area (Å²) in [5, 5.41) is 4.20. The fraction of sp³-hybridized carbons (Fsp3) is 0.273. The Morgan fingerprint density at radius 1 is 1.08 bits per heavy atom. The minimum atomic E-state index is -0.575. The third kappa shape index (κ3) is 4.27. The van der Waals surface area contributed by atoms with Crippen LogP contribution in [0.15, 0.2) is 69.9 Å². The van der Waals surface area contributed by atoms with E-state index >= 15 is 0 Å². The summed E-state index contributed by atoms with van der Waals surface area (Å²) in [6, 6.07) is 18.6. The van der Waals surface area contributed by atoms with E-state index in [1.54, 1.807) is 18.2 Å². The molecule has 1 heterocycles. The van der Waals surface area contributed by atoms with Gasteiger partial charge < -0.3 is 9.73 Å². The molecule has 0 saturated heterocycles. The lowest BCUT2D eigenvalue weighted by Crippen LogP contribution is -2.26. The molecule has 0 amide bonds. The Bertz CT molecular complexity index is 931. The first-order valence-electron chi connectivity index (χ1n) is 9.03. The Balaban J connectivity index is 1.85. The first-order chi connectivity index (χ1) is 12.7. The first-order valence-corrected chi connectivity index (χ1v) is 9.03. The Kier molecular flexibility index (Phi) is 5.97. The normalized spacial score (nSPS) is 12.2. The maximum absolute atomic E-state index is 12.8. The van der Waals surface area contributed by atoms with Crippen molar-refractivity contribution >= 4 is 16.8 Å². The summed E-state index contributed by atoms with van der Waals surface area (Å²) < 4.78 is 5.30. The minimum absolute atomic E-state index is 0.113. The second-order valence-electron chi connectivity index (χ2n) is 6.38. The zero-order chi connectivity index (χ0) is 18.4. The van der Waals surface area contributed by atoms with Crippen LogP contribution in [0.3, 0.4) is 0 Å². The summed E-state index contributed by atoms with van der Waals surface area (Å²) in [6.45, 7) is 2.96. The summed E-state index contributed by atoms with van der Waals surface area (Å²) in [7, 11) is 0. The van der Waals surface area contributed by atoms with E-state index in [2.05, 4.69) is 12.2 Å². The van der Waals surface area contributed by atoms with E-state index in [9.17, 15) is 9.59 Å². The zero-order valence-electron chi connectivity index (χ0n) is 14.9. The number of benzene rings is 2. The number of fused-ring (bicyclic) bond motifs is 1. The van der Waals surface area contributed by atoms with Gasteiger partial charge in [0.15, 0.2) is 5.78 Å². The van der Waals surface area contributed by atoms with Gasteiger partial charge in [-0.15, -0.1) is 0 Å². The molecule has 1 atom stereocenters. The molecule has 134 valence electrons. The van der Waals surface area contributed by atoms with Crippen molar-refractivity contribution in [1.29, 1.82) is 0 Å². The maximum atomic E-state index is 12.8. The highest BCUT2D eigenvalue weighted by Crippen LogP contribution is 2.20. The number of rotatable bonds is 8. The fourth-order valence-corrected chi connectivity index (χ4v) is 3.00. The fourth-order valence-electron chi connectivity index (χ4n) is 3.00. The van der Waals surface area contributed by atoms with Gasteiger partial charge in [0.1, 0.15) is 11.1 Å². The average Bonchev–Trinajstić information content (AvgIpc) is 2.67. The quantitative estimate of drug-likeness (QED) is 0.370. The molecule has 3 aromatic rings. The smallest absolute Gasteiger partial charge is 0.347 e. The van der Waals surface area contributed by atoms with E-state index in [0.717, 1.165) is 30.3 Å².